The lowest BCUT2D eigenvalue weighted by atomic mass is 10.1. The Labute approximate surface area is 136 Å². The van der Waals surface area contributed by atoms with Crippen molar-refractivity contribution in [2.45, 2.75) is 26.3 Å². The Morgan fingerprint density at radius 3 is 2.70 bits per heavy atom. The van der Waals surface area contributed by atoms with E-state index in [0.29, 0.717) is 26.2 Å². The number of aryl methyl sites for hydroxylation is 1. The van der Waals surface area contributed by atoms with Gasteiger partial charge in [-0.05, 0) is 35.7 Å². The van der Waals surface area contributed by atoms with E-state index >= 15 is 0 Å². The molecule has 1 N–H and O–H groups in total. The monoisotopic (exact) mass is 311 g/mol. The molecule has 0 radical (unpaired) electrons. The largest absolute Gasteiger partial charge is 0.490 e. The summed E-state index contributed by atoms with van der Waals surface area (Å²) >= 11 is 0. The van der Waals surface area contributed by atoms with Crippen molar-refractivity contribution in [3.05, 3.63) is 59.2 Å². The second-order valence-electron chi connectivity index (χ2n) is 5.71. The highest BCUT2D eigenvalue weighted by Gasteiger charge is 2.11. The van der Waals surface area contributed by atoms with Crippen LogP contribution in [0.4, 0.5) is 0 Å². The van der Waals surface area contributed by atoms with E-state index in [2.05, 4.69) is 5.32 Å². The van der Waals surface area contributed by atoms with Crippen molar-refractivity contribution in [1.82, 2.24) is 5.32 Å². The zero-order valence-electron chi connectivity index (χ0n) is 13.3. The van der Waals surface area contributed by atoms with Gasteiger partial charge in [-0.15, -0.1) is 0 Å². The summed E-state index contributed by atoms with van der Waals surface area (Å²) in [6, 6.07) is 13.8. The van der Waals surface area contributed by atoms with E-state index in [1.54, 1.807) is 0 Å². The summed E-state index contributed by atoms with van der Waals surface area (Å²) in [5, 5.41) is 2.96. The van der Waals surface area contributed by atoms with E-state index in [4.69, 9.17) is 9.47 Å². The molecular weight excluding hydrogens is 290 g/mol. The molecule has 23 heavy (non-hydrogen) atoms. The maximum atomic E-state index is 12.1. The van der Waals surface area contributed by atoms with Gasteiger partial charge in [0.25, 0.3) is 0 Å². The number of benzene rings is 2. The van der Waals surface area contributed by atoms with Crippen LogP contribution in [0.25, 0.3) is 0 Å². The second kappa shape index (κ2) is 7.18. The Morgan fingerprint density at radius 2 is 1.87 bits per heavy atom. The third-order valence-electron chi connectivity index (χ3n) is 3.91. The van der Waals surface area contributed by atoms with Crippen molar-refractivity contribution in [3.63, 3.8) is 0 Å². The van der Waals surface area contributed by atoms with Crippen LogP contribution in [-0.2, 0) is 17.8 Å². The summed E-state index contributed by atoms with van der Waals surface area (Å²) in [4.78, 5) is 12.1. The molecule has 0 fully saturated rings. The lowest BCUT2D eigenvalue weighted by Gasteiger charge is -2.11. The lowest BCUT2D eigenvalue weighted by molar-refractivity contribution is -0.120. The molecule has 0 saturated heterocycles. The van der Waals surface area contributed by atoms with Crippen LogP contribution in [0.5, 0.6) is 11.5 Å². The minimum Gasteiger partial charge on any atom is -0.490 e. The average Bonchev–Trinajstić information content (AvgIpc) is 2.80. The van der Waals surface area contributed by atoms with Crippen molar-refractivity contribution in [3.8, 4) is 11.5 Å². The Balaban J connectivity index is 1.59. The van der Waals surface area contributed by atoms with Crippen LogP contribution in [0.15, 0.2) is 42.5 Å². The first-order chi connectivity index (χ1) is 11.2. The number of hydrogen-bond donors (Lipinski definition) is 1. The summed E-state index contributed by atoms with van der Waals surface area (Å²) in [6.45, 7) is 3.85. The molecule has 0 aliphatic carbocycles. The van der Waals surface area contributed by atoms with Gasteiger partial charge < -0.3 is 14.8 Å². The molecule has 0 saturated carbocycles. The van der Waals surface area contributed by atoms with Crippen LogP contribution in [0.1, 0.15) is 23.1 Å². The Hall–Kier alpha value is -2.49. The summed E-state index contributed by atoms with van der Waals surface area (Å²) in [5.74, 6) is 1.55. The molecule has 2 aromatic carbocycles. The molecule has 3 rings (SSSR count). The fourth-order valence-electron chi connectivity index (χ4n) is 2.56. The van der Waals surface area contributed by atoms with E-state index in [9.17, 15) is 4.79 Å². The van der Waals surface area contributed by atoms with Gasteiger partial charge in [-0.3, -0.25) is 4.79 Å². The van der Waals surface area contributed by atoms with Crippen molar-refractivity contribution >= 4 is 5.91 Å². The Kier molecular flexibility index (Phi) is 4.81. The molecule has 4 nitrogen and oxygen atoms in total. The highest BCUT2D eigenvalue weighted by atomic mass is 16.5. The van der Waals surface area contributed by atoms with E-state index in [0.717, 1.165) is 34.6 Å². The third kappa shape index (κ3) is 4.03. The molecule has 1 aliphatic rings. The van der Waals surface area contributed by atoms with Crippen molar-refractivity contribution in [2.75, 3.05) is 13.2 Å². The predicted molar refractivity (Wildman–Crippen MR) is 88.8 cm³/mol. The molecule has 1 amide bonds. The van der Waals surface area contributed by atoms with Gasteiger partial charge in [0.05, 0.1) is 19.6 Å². The van der Waals surface area contributed by atoms with Crippen LogP contribution in [0.3, 0.4) is 0 Å². The smallest absolute Gasteiger partial charge is 0.224 e. The fraction of sp³-hybridized carbons (Fsp3) is 0.316. The second-order valence-corrected chi connectivity index (χ2v) is 5.71. The highest BCUT2D eigenvalue weighted by Crippen LogP contribution is 2.30. The maximum Gasteiger partial charge on any atom is 0.224 e. The first-order valence-electron chi connectivity index (χ1n) is 7.92. The summed E-state index contributed by atoms with van der Waals surface area (Å²) in [5.41, 5.74) is 3.20. The Morgan fingerprint density at radius 1 is 1.09 bits per heavy atom. The van der Waals surface area contributed by atoms with E-state index in [1.807, 2.05) is 49.4 Å². The lowest BCUT2D eigenvalue weighted by Crippen LogP contribution is -2.24. The van der Waals surface area contributed by atoms with Gasteiger partial charge in [0.1, 0.15) is 0 Å². The number of ether oxygens (including phenoxy) is 2. The van der Waals surface area contributed by atoms with Crippen molar-refractivity contribution in [2.24, 2.45) is 0 Å². The fourth-order valence-corrected chi connectivity index (χ4v) is 2.56. The molecular formula is C19H21NO3. The van der Waals surface area contributed by atoms with Crippen molar-refractivity contribution < 1.29 is 14.3 Å². The average molecular weight is 311 g/mol. The summed E-state index contributed by atoms with van der Waals surface area (Å²) in [6.07, 6.45) is 1.29. The van der Waals surface area contributed by atoms with Crippen LogP contribution >= 0.6 is 0 Å². The van der Waals surface area contributed by atoms with Gasteiger partial charge in [-0.1, -0.05) is 30.3 Å². The van der Waals surface area contributed by atoms with Gasteiger partial charge in [0.2, 0.25) is 5.91 Å². The topological polar surface area (TPSA) is 47.6 Å². The van der Waals surface area contributed by atoms with E-state index in [-0.39, 0.29) is 5.91 Å². The van der Waals surface area contributed by atoms with Crippen LogP contribution in [-0.4, -0.2) is 19.1 Å². The molecule has 1 heterocycles. The molecule has 0 bridgehead atoms. The molecule has 0 aromatic heterocycles. The number of nitrogens with one attached hydrogen (secondary N) is 1. The number of hydrogen-bond acceptors (Lipinski definition) is 3. The predicted octanol–water partition coefficient (Wildman–Crippen LogP) is 3.02. The number of carbonyl (C=O) groups is 1. The number of carbonyl (C=O) groups excluding carboxylic acids is 1. The van der Waals surface area contributed by atoms with Crippen LogP contribution in [0, 0.1) is 6.92 Å². The molecule has 120 valence electrons. The SMILES string of the molecule is Cc1ccccc1CC(=O)NCc1ccc2c(c1)OCCCO2. The summed E-state index contributed by atoms with van der Waals surface area (Å²) in [7, 11) is 0. The number of fused-ring (bicyclic) bond motifs is 1. The standard InChI is InChI=1S/C19H21NO3/c1-14-5-2-3-6-16(14)12-19(21)20-13-15-7-8-17-18(11-15)23-10-4-9-22-17/h2-3,5-8,11H,4,9-10,12-13H2,1H3,(H,20,21). The van der Waals surface area contributed by atoms with Crippen molar-refractivity contribution in [1.29, 1.82) is 0 Å². The van der Waals surface area contributed by atoms with E-state index < -0.39 is 0 Å². The molecule has 4 heteroatoms. The van der Waals surface area contributed by atoms with Gasteiger partial charge >= 0.3 is 0 Å². The first-order valence-corrected chi connectivity index (χ1v) is 7.92. The number of amides is 1. The normalized spacial score (nSPS) is 13.3. The minimum absolute atomic E-state index is 0.0198. The third-order valence-corrected chi connectivity index (χ3v) is 3.91. The molecule has 0 atom stereocenters. The van der Waals surface area contributed by atoms with Gasteiger partial charge in [0.15, 0.2) is 11.5 Å². The summed E-state index contributed by atoms with van der Waals surface area (Å²) < 4.78 is 11.3. The Bertz CT molecular complexity index is 697. The van der Waals surface area contributed by atoms with Crippen LogP contribution in [0.2, 0.25) is 0 Å². The van der Waals surface area contributed by atoms with Gasteiger partial charge in [0, 0.05) is 13.0 Å². The minimum atomic E-state index is 0.0198. The zero-order valence-corrected chi connectivity index (χ0v) is 13.3. The van der Waals surface area contributed by atoms with Crippen LogP contribution < -0.4 is 14.8 Å². The highest BCUT2D eigenvalue weighted by molar-refractivity contribution is 5.78. The zero-order chi connectivity index (χ0) is 16.1. The van der Waals surface area contributed by atoms with Gasteiger partial charge in [-0.2, -0.15) is 0 Å². The molecule has 1 aliphatic heterocycles. The maximum absolute atomic E-state index is 12.1. The number of rotatable bonds is 4. The molecule has 2 aromatic rings. The van der Waals surface area contributed by atoms with Gasteiger partial charge in [-0.25, -0.2) is 0 Å². The quantitative estimate of drug-likeness (QED) is 0.944. The molecule has 0 spiro atoms. The molecule has 0 unspecified atom stereocenters. The van der Waals surface area contributed by atoms with E-state index in [1.165, 1.54) is 0 Å². The first kappa shape index (κ1) is 15.4.